The van der Waals surface area contributed by atoms with Gasteiger partial charge in [-0.05, 0) is 49.3 Å². The maximum atomic E-state index is 12.4. The highest BCUT2D eigenvalue weighted by Crippen LogP contribution is 2.27. The number of carbonyl (C=O) groups is 2. The van der Waals surface area contributed by atoms with Crippen molar-refractivity contribution in [3.05, 3.63) is 29.8 Å². The second-order valence-electron chi connectivity index (χ2n) is 7.29. The summed E-state index contributed by atoms with van der Waals surface area (Å²) in [5.41, 5.74) is 1.05. The van der Waals surface area contributed by atoms with E-state index in [-0.39, 0.29) is 24.7 Å². The monoisotopic (exact) mass is 377 g/mol. The van der Waals surface area contributed by atoms with Gasteiger partial charge < -0.3 is 19.9 Å². The number of aliphatic carboxylic acids is 1. The molecule has 1 aliphatic carbocycles. The zero-order valence-corrected chi connectivity index (χ0v) is 16.3. The van der Waals surface area contributed by atoms with Gasteiger partial charge >= 0.3 is 5.97 Å². The molecule has 1 aliphatic rings. The van der Waals surface area contributed by atoms with E-state index in [9.17, 15) is 9.59 Å². The third-order valence-electron chi connectivity index (χ3n) is 4.91. The fourth-order valence-electron chi connectivity index (χ4n) is 3.42. The van der Waals surface area contributed by atoms with Gasteiger partial charge in [-0.3, -0.25) is 4.79 Å². The quantitative estimate of drug-likeness (QED) is 0.654. The van der Waals surface area contributed by atoms with Crippen molar-refractivity contribution < 1.29 is 24.2 Å². The Morgan fingerprint density at radius 3 is 2.63 bits per heavy atom. The lowest BCUT2D eigenvalue weighted by molar-refractivity contribution is -0.139. The highest BCUT2D eigenvalue weighted by atomic mass is 16.5. The lowest BCUT2D eigenvalue weighted by atomic mass is 9.88. The van der Waals surface area contributed by atoms with Gasteiger partial charge in [0.05, 0.1) is 6.10 Å². The summed E-state index contributed by atoms with van der Waals surface area (Å²) in [7, 11) is 0. The van der Waals surface area contributed by atoms with E-state index in [1.54, 1.807) is 12.1 Å². The van der Waals surface area contributed by atoms with E-state index in [2.05, 4.69) is 12.2 Å². The van der Waals surface area contributed by atoms with Crippen LogP contribution in [0.25, 0.3) is 0 Å². The van der Waals surface area contributed by atoms with Crippen LogP contribution in [0, 0.1) is 5.92 Å². The van der Waals surface area contributed by atoms with E-state index in [4.69, 9.17) is 14.6 Å². The first-order valence-electron chi connectivity index (χ1n) is 9.84. The Morgan fingerprint density at radius 2 is 2.00 bits per heavy atom. The molecule has 3 atom stereocenters. The number of hydrogen-bond donors (Lipinski definition) is 2. The number of hydrogen-bond acceptors (Lipinski definition) is 4. The van der Waals surface area contributed by atoms with Crippen molar-refractivity contribution in [1.29, 1.82) is 0 Å². The molecule has 3 unspecified atom stereocenters. The van der Waals surface area contributed by atoms with Gasteiger partial charge in [0.25, 0.3) is 0 Å². The van der Waals surface area contributed by atoms with Crippen LogP contribution >= 0.6 is 0 Å². The normalized spacial score (nSPS) is 20.7. The van der Waals surface area contributed by atoms with Crippen molar-refractivity contribution in [3.8, 4) is 5.75 Å². The predicted octanol–water partition coefficient (Wildman–Crippen LogP) is 3.18. The van der Waals surface area contributed by atoms with Crippen LogP contribution in [0.2, 0.25) is 0 Å². The molecule has 1 amide bonds. The van der Waals surface area contributed by atoms with Crippen molar-refractivity contribution in [3.63, 3.8) is 0 Å². The second kappa shape index (κ2) is 10.9. The van der Waals surface area contributed by atoms with E-state index in [1.807, 2.05) is 19.1 Å². The summed E-state index contributed by atoms with van der Waals surface area (Å²) in [4.78, 5) is 22.9. The Kier molecular flexibility index (Phi) is 8.58. The van der Waals surface area contributed by atoms with Crippen LogP contribution in [0.15, 0.2) is 24.3 Å². The molecule has 1 saturated carbocycles. The molecule has 2 rings (SSSR count). The number of ether oxygens (including phenoxy) is 2. The highest BCUT2D eigenvalue weighted by Gasteiger charge is 2.25. The predicted molar refractivity (Wildman–Crippen MR) is 103 cm³/mol. The number of carbonyl (C=O) groups excluding carboxylic acids is 1. The molecular weight excluding hydrogens is 346 g/mol. The Labute approximate surface area is 161 Å². The summed E-state index contributed by atoms with van der Waals surface area (Å²) >= 11 is 0. The zero-order chi connectivity index (χ0) is 19.6. The number of carboxylic acid groups (broad SMARTS) is 1. The van der Waals surface area contributed by atoms with Crippen LogP contribution in [-0.2, 0) is 20.7 Å². The molecule has 0 aliphatic heterocycles. The fourth-order valence-corrected chi connectivity index (χ4v) is 3.42. The number of carboxylic acids is 1. The SMILES string of the molecule is CCC(OC1CCCC(C)C1)C(=O)NCCc1ccc(OCC(=O)O)cc1. The van der Waals surface area contributed by atoms with Gasteiger partial charge in [0.2, 0.25) is 5.91 Å². The van der Waals surface area contributed by atoms with Crippen molar-refractivity contribution in [2.75, 3.05) is 13.2 Å². The molecule has 150 valence electrons. The number of amides is 1. The van der Waals surface area contributed by atoms with Crippen LogP contribution in [0.4, 0.5) is 0 Å². The highest BCUT2D eigenvalue weighted by molar-refractivity contribution is 5.80. The Balaban J connectivity index is 1.72. The minimum absolute atomic E-state index is 0.0443. The maximum absolute atomic E-state index is 12.4. The first kappa shape index (κ1) is 21.2. The van der Waals surface area contributed by atoms with Crippen molar-refractivity contribution in [2.24, 2.45) is 5.92 Å². The molecule has 1 aromatic carbocycles. The zero-order valence-electron chi connectivity index (χ0n) is 16.3. The molecule has 1 aromatic rings. The minimum atomic E-state index is -1.00. The third kappa shape index (κ3) is 7.59. The molecule has 0 heterocycles. The van der Waals surface area contributed by atoms with Crippen LogP contribution < -0.4 is 10.1 Å². The number of nitrogens with one attached hydrogen (secondary N) is 1. The molecular formula is C21H31NO5. The van der Waals surface area contributed by atoms with E-state index in [1.165, 1.54) is 12.8 Å². The van der Waals surface area contributed by atoms with Crippen LogP contribution in [0.5, 0.6) is 5.75 Å². The standard InChI is InChI=1S/C21H31NO5/c1-3-19(27-18-6-4-5-15(2)13-18)21(25)22-12-11-16-7-9-17(10-8-16)26-14-20(23)24/h7-10,15,18-19H,3-6,11-14H2,1-2H3,(H,22,25)(H,23,24). The van der Waals surface area contributed by atoms with Crippen LogP contribution in [0.1, 0.15) is 51.5 Å². The van der Waals surface area contributed by atoms with E-state index in [0.29, 0.717) is 31.1 Å². The van der Waals surface area contributed by atoms with Gasteiger partial charge in [0.15, 0.2) is 6.61 Å². The maximum Gasteiger partial charge on any atom is 0.341 e. The summed E-state index contributed by atoms with van der Waals surface area (Å²) in [6.07, 6.45) is 5.70. The minimum Gasteiger partial charge on any atom is -0.482 e. The largest absolute Gasteiger partial charge is 0.482 e. The smallest absolute Gasteiger partial charge is 0.341 e. The molecule has 6 nitrogen and oxygen atoms in total. The van der Waals surface area contributed by atoms with Crippen molar-refractivity contribution in [2.45, 2.75) is 64.6 Å². The molecule has 0 aromatic heterocycles. The second-order valence-corrected chi connectivity index (χ2v) is 7.29. The summed E-state index contributed by atoms with van der Waals surface area (Å²) in [6.45, 7) is 4.41. The number of rotatable bonds is 10. The van der Waals surface area contributed by atoms with E-state index >= 15 is 0 Å². The van der Waals surface area contributed by atoms with Gasteiger partial charge in [0.1, 0.15) is 11.9 Å². The summed E-state index contributed by atoms with van der Waals surface area (Å²) in [5, 5.41) is 11.6. The average Bonchev–Trinajstić information content (AvgIpc) is 2.65. The van der Waals surface area contributed by atoms with Gasteiger partial charge in [-0.2, -0.15) is 0 Å². The molecule has 2 N–H and O–H groups in total. The van der Waals surface area contributed by atoms with E-state index in [0.717, 1.165) is 18.4 Å². The summed E-state index contributed by atoms with van der Waals surface area (Å²) < 4.78 is 11.2. The molecule has 0 spiro atoms. The first-order chi connectivity index (χ1) is 13.0. The van der Waals surface area contributed by atoms with Crippen molar-refractivity contribution in [1.82, 2.24) is 5.32 Å². The topological polar surface area (TPSA) is 84.9 Å². The molecule has 0 radical (unpaired) electrons. The lowest BCUT2D eigenvalue weighted by Crippen LogP contribution is -2.40. The average molecular weight is 377 g/mol. The summed E-state index contributed by atoms with van der Waals surface area (Å²) in [5.74, 6) is 0.146. The first-order valence-corrected chi connectivity index (χ1v) is 9.84. The van der Waals surface area contributed by atoms with Gasteiger partial charge in [0, 0.05) is 6.54 Å². The van der Waals surface area contributed by atoms with E-state index < -0.39 is 5.97 Å². The van der Waals surface area contributed by atoms with Gasteiger partial charge in [-0.25, -0.2) is 4.79 Å². The molecule has 0 saturated heterocycles. The Bertz CT molecular complexity index is 601. The third-order valence-corrected chi connectivity index (χ3v) is 4.91. The van der Waals surface area contributed by atoms with Crippen LogP contribution in [0.3, 0.4) is 0 Å². The lowest BCUT2D eigenvalue weighted by Gasteiger charge is -2.29. The molecule has 27 heavy (non-hydrogen) atoms. The van der Waals surface area contributed by atoms with Crippen LogP contribution in [-0.4, -0.2) is 42.3 Å². The van der Waals surface area contributed by atoms with Gasteiger partial charge in [-0.15, -0.1) is 0 Å². The fraction of sp³-hybridized carbons (Fsp3) is 0.619. The Morgan fingerprint density at radius 1 is 1.26 bits per heavy atom. The molecule has 0 bridgehead atoms. The molecule has 1 fully saturated rings. The molecule has 6 heteroatoms. The number of benzene rings is 1. The van der Waals surface area contributed by atoms with Gasteiger partial charge in [-0.1, -0.05) is 38.8 Å². The summed E-state index contributed by atoms with van der Waals surface area (Å²) in [6, 6.07) is 7.23. The Hall–Kier alpha value is -2.08. The van der Waals surface area contributed by atoms with Crippen molar-refractivity contribution >= 4 is 11.9 Å².